The number of aryl methyl sites for hydroxylation is 1. The van der Waals surface area contributed by atoms with Gasteiger partial charge in [-0.05, 0) is 31.5 Å². The van der Waals surface area contributed by atoms with Crippen LogP contribution in [0.3, 0.4) is 0 Å². The van der Waals surface area contributed by atoms with Gasteiger partial charge in [-0.1, -0.05) is 18.2 Å². The van der Waals surface area contributed by atoms with Crippen molar-refractivity contribution in [1.82, 2.24) is 9.21 Å². The summed E-state index contributed by atoms with van der Waals surface area (Å²) in [6.45, 7) is 5.43. The summed E-state index contributed by atoms with van der Waals surface area (Å²) in [5, 5.41) is 0. The first kappa shape index (κ1) is 15.8. The maximum absolute atomic E-state index is 12.7. The number of sulfonamides is 1. The van der Waals surface area contributed by atoms with Crippen LogP contribution in [-0.2, 0) is 10.0 Å². The fraction of sp³-hybridized carbons (Fsp3) is 0.571. The molecule has 0 saturated carbocycles. The molecule has 6 heteroatoms. The van der Waals surface area contributed by atoms with Crippen molar-refractivity contribution in [2.24, 2.45) is 0 Å². The lowest BCUT2D eigenvalue weighted by Crippen LogP contribution is -2.35. The number of alkyl halides is 1. The lowest BCUT2D eigenvalue weighted by molar-refractivity contribution is 0.303. The average Bonchev–Trinajstić information content (AvgIpc) is 2.65. The number of benzene rings is 1. The van der Waals surface area contributed by atoms with Gasteiger partial charge in [0.1, 0.15) is 0 Å². The van der Waals surface area contributed by atoms with E-state index >= 15 is 0 Å². The molecule has 0 radical (unpaired) electrons. The van der Waals surface area contributed by atoms with E-state index in [-0.39, 0.29) is 0 Å². The molecule has 0 spiro atoms. The average molecular weight is 317 g/mol. The minimum absolute atomic E-state index is 0.422. The van der Waals surface area contributed by atoms with E-state index in [9.17, 15) is 8.42 Å². The Labute approximate surface area is 126 Å². The molecule has 1 heterocycles. The van der Waals surface area contributed by atoms with Crippen LogP contribution in [0.25, 0.3) is 0 Å². The van der Waals surface area contributed by atoms with Crippen molar-refractivity contribution in [2.75, 3.05) is 38.6 Å². The fourth-order valence-corrected chi connectivity index (χ4v) is 4.45. The molecular formula is C14H21ClN2O2S. The molecule has 1 aliphatic rings. The molecule has 0 unspecified atom stereocenters. The van der Waals surface area contributed by atoms with Gasteiger partial charge < -0.3 is 4.90 Å². The molecule has 1 saturated heterocycles. The van der Waals surface area contributed by atoms with Crippen LogP contribution < -0.4 is 0 Å². The Kier molecular flexibility index (Phi) is 5.43. The standard InChI is InChI=1S/C14H21ClN2O2S/c1-13-5-2-3-6-14(13)20(18,19)17-9-4-8-16(10-7-15)11-12-17/h2-3,5-6H,4,7-12H2,1H3. The molecular weight excluding hydrogens is 296 g/mol. The van der Waals surface area contributed by atoms with Gasteiger partial charge in [-0.2, -0.15) is 4.31 Å². The Morgan fingerprint density at radius 2 is 1.90 bits per heavy atom. The second-order valence-corrected chi connectivity index (χ2v) is 7.34. The molecule has 112 valence electrons. The Bertz CT molecular complexity index is 548. The highest BCUT2D eigenvalue weighted by Crippen LogP contribution is 2.20. The van der Waals surface area contributed by atoms with Crippen LogP contribution in [0.15, 0.2) is 29.2 Å². The van der Waals surface area contributed by atoms with Gasteiger partial charge >= 0.3 is 0 Å². The number of halogens is 1. The third kappa shape index (κ3) is 3.52. The summed E-state index contributed by atoms with van der Waals surface area (Å²) in [5.74, 6) is 0.588. The van der Waals surface area contributed by atoms with Crippen LogP contribution in [0.5, 0.6) is 0 Å². The Balaban J connectivity index is 2.16. The lowest BCUT2D eigenvalue weighted by Gasteiger charge is -2.22. The Morgan fingerprint density at radius 3 is 2.60 bits per heavy atom. The van der Waals surface area contributed by atoms with Crippen molar-refractivity contribution in [3.63, 3.8) is 0 Å². The summed E-state index contributed by atoms with van der Waals surface area (Å²) in [5.41, 5.74) is 0.800. The van der Waals surface area contributed by atoms with Crippen molar-refractivity contribution in [3.8, 4) is 0 Å². The molecule has 1 fully saturated rings. The molecule has 2 rings (SSSR count). The smallest absolute Gasteiger partial charge is 0.243 e. The van der Waals surface area contributed by atoms with E-state index in [1.807, 2.05) is 19.1 Å². The topological polar surface area (TPSA) is 40.6 Å². The van der Waals surface area contributed by atoms with Crippen LogP contribution in [0.1, 0.15) is 12.0 Å². The molecule has 4 nitrogen and oxygen atoms in total. The van der Waals surface area contributed by atoms with Crippen molar-refractivity contribution in [1.29, 1.82) is 0 Å². The number of rotatable bonds is 4. The summed E-state index contributed by atoms with van der Waals surface area (Å²) in [6.07, 6.45) is 0.849. The summed E-state index contributed by atoms with van der Waals surface area (Å²) in [7, 11) is -3.38. The molecule has 0 atom stereocenters. The summed E-state index contributed by atoms with van der Waals surface area (Å²) in [4.78, 5) is 2.64. The van der Waals surface area contributed by atoms with Crippen molar-refractivity contribution >= 4 is 21.6 Å². The van der Waals surface area contributed by atoms with E-state index < -0.39 is 10.0 Å². The highest BCUT2D eigenvalue weighted by molar-refractivity contribution is 7.89. The lowest BCUT2D eigenvalue weighted by atomic mass is 10.2. The van der Waals surface area contributed by atoms with Gasteiger partial charge in [0, 0.05) is 32.1 Å². The first-order chi connectivity index (χ1) is 9.55. The van der Waals surface area contributed by atoms with Gasteiger partial charge in [0.2, 0.25) is 10.0 Å². The summed E-state index contributed by atoms with van der Waals surface area (Å²) >= 11 is 5.76. The van der Waals surface area contributed by atoms with Gasteiger partial charge in [0.05, 0.1) is 4.90 Å². The zero-order valence-corrected chi connectivity index (χ0v) is 13.3. The Morgan fingerprint density at radius 1 is 1.15 bits per heavy atom. The maximum atomic E-state index is 12.7. The maximum Gasteiger partial charge on any atom is 0.243 e. The first-order valence-corrected chi connectivity index (χ1v) is 8.87. The van der Waals surface area contributed by atoms with Gasteiger partial charge in [-0.15, -0.1) is 11.6 Å². The summed E-state index contributed by atoms with van der Waals surface area (Å²) < 4.78 is 27.0. The minimum Gasteiger partial charge on any atom is -0.301 e. The van der Waals surface area contributed by atoms with Gasteiger partial charge in [-0.3, -0.25) is 0 Å². The normalized spacial score (nSPS) is 18.9. The van der Waals surface area contributed by atoms with E-state index in [2.05, 4.69) is 4.90 Å². The van der Waals surface area contributed by atoms with Crippen LogP contribution in [-0.4, -0.2) is 56.2 Å². The van der Waals surface area contributed by atoms with E-state index in [1.165, 1.54) is 0 Å². The van der Waals surface area contributed by atoms with Crippen molar-refractivity contribution in [3.05, 3.63) is 29.8 Å². The van der Waals surface area contributed by atoms with E-state index in [4.69, 9.17) is 11.6 Å². The molecule has 0 aliphatic carbocycles. The van der Waals surface area contributed by atoms with Crippen molar-refractivity contribution in [2.45, 2.75) is 18.2 Å². The Hall–Kier alpha value is -0.620. The van der Waals surface area contributed by atoms with Crippen LogP contribution in [0, 0.1) is 6.92 Å². The number of nitrogens with zero attached hydrogens (tertiary/aromatic N) is 2. The van der Waals surface area contributed by atoms with E-state index in [0.29, 0.717) is 23.9 Å². The van der Waals surface area contributed by atoms with Crippen molar-refractivity contribution < 1.29 is 8.42 Å². The molecule has 1 aromatic carbocycles. The molecule has 1 aliphatic heterocycles. The molecule has 0 amide bonds. The monoisotopic (exact) mass is 316 g/mol. The predicted molar refractivity (Wildman–Crippen MR) is 81.7 cm³/mol. The third-order valence-electron chi connectivity index (χ3n) is 3.66. The quantitative estimate of drug-likeness (QED) is 0.797. The van der Waals surface area contributed by atoms with Gasteiger partial charge in [-0.25, -0.2) is 8.42 Å². The highest BCUT2D eigenvalue weighted by Gasteiger charge is 2.27. The number of hydrogen-bond donors (Lipinski definition) is 0. The van der Waals surface area contributed by atoms with Crippen LogP contribution >= 0.6 is 11.6 Å². The highest BCUT2D eigenvalue weighted by atomic mass is 35.5. The van der Waals surface area contributed by atoms with Gasteiger partial charge in [0.25, 0.3) is 0 Å². The second-order valence-electron chi connectivity index (χ2n) is 5.05. The minimum atomic E-state index is -3.38. The fourth-order valence-electron chi connectivity index (χ4n) is 2.52. The SMILES string of the molecule is Cc1ccccc1S(=O)(=O)N1CCCN(CCCl)CC1. The molecule has 20 heavy (non-hydrogen) atoms. The van der Waals surface area contributed by atoms with Gasteiger partial charge in [0.15, 0.2) is 0 Å². The van der Waals surface area contributed by atoms with Crippen LogP contribution in [0.4, 0.5) is 0 Å². The zero-order chi connectivity index (χ0) is 14.6. The molecule has 0 aromatic heterocycles. The van der Waals surface area contributed by atoms with E-state index in [1.54, 1.807) is 16.4 Å². The second kappa shape index (κ2) is 6.89. The molecule has 1 aromatic rings. The predicted octanol–water partition coefficient (Wildman–Crippen LogP) is 1.93. The molecule has 0 N–H and O–H groups in total. The van der Waals surface area contributed by atoms with E-state index in [0.717, 1.165) is 31.6 Å². The third-order valence-corrected chi connectivity index (χ3v) is 5.89. The zero-order valence-electron chi connectivity index (χ0n) is 11.8. The number of hydrogen-bond acceptors (Lipinski definition) is 3. The largest absolute Gasteiger partial charge is 0.301 e. The van der Waals surface area contributed by atoms with Crippen LogP contribution in [0.2, 0.25) is 0 Å². The summed E-state index contributed by atoms with van der Waals surface area (Å²) in [6, 6.07) is 7.16. The first-order valence-electron chi connectivity index (χ1n) is 6.90. The molecule has 0 bridgehead atoms.